The molecule has 1 aliphatic rings. The molecule has 7 nitrogen and oxygen atoms in total. The first-order chi connectivity index (χ1) is 15.4. The van der Waals surface area contributed by atoms with Gasteiger partial charge in [-0.3, -0.25) is 14.4 Å². The predicted octanol–water partition coefficient (Wildman–Crippen LogP) is 3.38. The number of hydrogen-bond acceptors (Lipinski definition) is 4. The van der Waals surface area contributed by atoms with Gasteiger partial charge in [0.25, 0.3) is 5.56 Å². The Morgan fingerprint density at radius 2 is 1.88 bits per heavy atom. The average molecular weight is 431 g/mol. The lowest BCUT2D eigenvalue weighted by Gasteiger charge is -2.36. The molecule has 32 heavy (non-hydrogen) atoms. The quantitative estimate of drug-likeness (QED) is 0.649. The van der Waals surface area contributed by atoms with E-state index in [-0.39, 0.29) is 23.3 Å². The molecule has 0 bridgehead atoms. The molecule has 0 spiro atoms. The van der Waals surface area contributed by atoms with E-state index in [1.165, 1.54) is 6.07 Å². The predicted molar refractivity (Wildman–Crippen MR) is 123 cm³/mol. The second-order valence-corrected chi connectivity index (χ2v) is 8.48. The van der Waals surface area contributed by atoms with Gasteiger partial charge in [-0.15, -0.1) is 0 Å². The summed E-state index contributed by atoms with van der Waals surface area (Å²) in [6.07, 6.45) is 0.881. The van der Waals surface area contributed by atoms with Gasteiger partial charge in [0.2, 0.25) is 11.8 Å². The zero-order valence-electron chi connectivity index (χ0n) is 18.2. The number of aromatic nitrogens is 2. The first-order valence-electron chi connectivity index (χ1n) is 10.7. The zero-order valence-corrected chi connectivity index (χ0v) is 18.2. The maximum atomic E-state index is 13.3. The Morgan fingerprint density at radius 1 is 1.09 bits per heavy atom. The molecule has 0 saturated heterocycles. The summed E-state index contributed by atoms with van der Waals surface area (Å²) >= 11 is 0. The molecule has 7 heteroatoms. The van der Waals surface area contributed by atoms with Crippen molar-refractivity contribution in [2.24, 2.45) is 5.92 Å². The first-order valence-corrected chi connectivity index (χ1v) is 10.7. The first kappa shape index (κ1) is 21.5. The highest BCUT2D eigenvalue weighted by Crippen LogP contribution is 2.26. The third kappa shape index (κ3) is 4.77. The van der Waals surface area contributed by atoms with Gasteiger partial charge in [0.05, 0.1) is 5.69 Å². The lowest BCUT2D eigenvalue weighted by molar-refractivity contribution is -0.140. The highest BCUT2D eigenvalue weighted by molar-refractivity contribution is 5.98. The summed E-state index contributed by atoms with van der Waals surface area (Å²) in [5.41, 5.74) is 3.87. The van der Waals surface area contributed by atoms with E-state index < -0.39 is 6.04 Å². The molecule has 0 saturated carbocycles. The van der Waals surface area contributed by atoms with Crippen molar-refractivity contribution in [3.63, 3.8) is 0 Å². The Hall–Kier alpha value is -3.74. The van der Waals surface area contributed by atoms with Gasteiger partial charge in [0.1, 0.15) is 6.04 Å². The van der Waals surface area contributed by atoms with E-state index in [4.69, 9.17) is 0 Å². The van der Waals surface area contributed by atoms with Crippen LogP contribution in [-0.2, 0) is 22.6 Å². The molecule has 2 N–H and O–H groups in total. The minimum atomic E-state index is -0.578. The molecular weight excluding hydrogens is 404 g/mol. The molecule has 1 unspecified atom stereocenters. The lowest BCUT2D eigenvalue weighted by atomic mass is 9.92. The molecule has 0 aliphatic carbocycles. The van der Waals surface area contributed by atoms with E-state index in [0.717, 1.165) is 16.7 Å². The Balaban J connectivity index is 1.58. The number of anilines is 1. The normalized spacial score (nSPS) is 15.3. The topological polar surface area (TPSA) is 95.2 Å². The minimum Gasteiger partial charge on any atom is -0.326 e. The number of rotatable bonds is 5. The van der Waals surface area contributed by atoms with Crippen LogP contribution in [0.5, 0.6) is 0 Å². The van der Waals surface area contributed by atoms with Crippen LogP contribution >= 0.6 is 0 Å². The third-order valence-corrected chi connectivity index (χ3v) is 5.56. The van der Waals surface area contributed by atoms with Gasteiger partial charge in [-0.1, -0.05) is 50.2 Å². The van der Waals surface area contributed by atoms with Crippen molar-refractivity contribution in [3.8, 4) is 11.3 Å². The lowest BCUT2D eigenvalue weighted by Crippen LogP contribution is -2.50. The van der Waals surface area contributed by atoms with Crippen LogP contribution in [-0.4, -0.2) is 33.0 Å². The van der Waals surface area contributed by atoms with Gasteiger partial charge in [0, 0.05) is 36.7 Å². The van der Waals surface area contributed by atoms with E-state index in [9.17, 15) is 14.4 Å². The third-order valence-electron chi connectivity index (χ3n) is 5.56. The molecule has 2 heterocycles. The summed E-state index contributed by atoms with van der Waals surface area (Å²) in [6, 6.07) is 17.7. The number of nitrogens with one attached hydrogen (secondary N) is 2. The van der Waals surface area contributed by atoms with E-state index in [2.05, 4.69) is 15.5 Å². The van der Waals surface area contributed by atoms with Crippen molar-refractivity contribution in [2.75, 3.05) is 5.32 Å². The fourth-order valence-electron chi connectivity index (χ4n) is 3.97. The SMILES string of the molecule is CC(C)CC(=O)N1Cc2ccccc2CC1C(=O)Nc1cccc(-c2ccc(=O)[nH]n2)c1. The molecule has 3 aromatic rings. The minimum absolute atomic E-state index is 0.0131. The van der Waals surface area contributed by atoms with Gasteiger partial charge in [0.15, 0.2) is 0 Å². The van der Waals surface area contributed by atoms with Crippen molar-refractivity contribution >= 4 is 17.5 Å². The van der Waals surface area contributed by atoms with Crippen molar-refractivity contribution in [3.05, 3.63) is 82.1 Å². The molecule has 4 rings (SSSR count). The second-order valence-electron chi connectivity index (χ2n) is 8.48. The van der Waals surface area contributed by atoms with Crippen molar-refractivity contribution < 1.29 is 9.59 Å². The van der Waals surface area contributed by atoms with E-state index >= 15 is 0 Å². The highest BCUT2D eigenvalue weighted by atomic mass is 16.2. The Morgan fingerprint density at radius 3 is 2.59 bits per heavy atom. The van der Waals surface area contributed by atoms with Crippen LogP contribution in [0.3, 0.4) is 0 Å². The molecular formula is C25H26N4O3. The van der Waals surface area contributed by atoms with Gasteiger partial charge < -0.3 is 10.2 Å². The zero-order chi connectivity index (χ0) is 22.7. The maximum Gasteiger partial charge on any atom is 0.264 e. The van der Waals surface area contributed by atoms with Crippen LogP contribution in [0.25, 0.3) is 11.3 Å². The molecule has 1 aliphatic heterocycles. The van der Waals surface area contributed by atoms with Gasteiger partial charge in [-0.2, -0.15) is 5.10 Å². The average Bonchev–Trinajstić information content (AvgIpc) is 2.78. The number of benzene rings is 2. The number of amides is 2. The summed E-state index contributed by atoms with van der Waals surface area (Å²) < 4.78 is 0. The van der Waals surface area contributed by atoms with Crippen molar-refractivity contribution in [1.82, 2.24) is 15.1 Å². The van der Waals surface area contributed by atoms with Crippen LogP contribution in [0.4, 0.5) is 5.69 Å². The van der Waals surface area contributed by atoms with Crippen molar-refractivity contribution in [2.45, 2.75) is 39.3 Å². The number of hydrogen-bond donors (Lipinski definition) is 2. The monoisotopic (exact) mass is 430 g/mol. The number of carbonyl (C=O) groups is 2. The summed E-state index contributed by atoms with van der Waals surface area (Å²) in [7, 11) is 0. The Bertz CT molecular complexity index is 1180. The Kier molecular flexibility index (Phi) is 6.16. The maximum absolute atomic E-state index is 13.3. The fourth-order valence-corrected chi connectivity index (χ4v) is 3.97. The summed E-state index contributed by atoms with van der Waals surface area (Å²) in [4.78, 5) is 39.2. The number of fused-ring (bicyclic) bond motifs is 1. The molecule has 164 valence electrons. The molecule has 0 fully saturated rings. The summed E-state index contributed by atoms with van der Waals surface area (Å²) in [6.45, 7) is 4.43. The summed E-state index contributed by atoms with van der Waals surface area (Å²) in [5, 5.41) is 9.43. The molecule has 2 aromatic carbocycles. The van der Waals surface area contributed by atoms with Crippen LogP contribution in [0.15, 0.2) is 65.5 Å². The second kappa shape index (κ2) is 9.18. The summed E-state index contributed by atoms with van der Waals surface area (Å²) in [5.74, 6) is -0.0195. The molecule has 1 atom stereocenters. The largest absolute Gasteiger partial charge is 0.326 e. The number of H-pyrrole nitrogens is 1. The standard InChI is InChI=1S/C25H26N4O3/c1-16(2)12-24(31)29-15-19-7-4-3-6-17(19)14-22(29)25(32)26-20-9-5-8-18(13-20)21-10-11-23(30)28-27-21/h3-11,13,16,22H,12,14-15H2,1-2H3,(H,26,32)(H,28,30). The number of nitrogens with zero attached hydrogens (tertiary/aromatic N) is 2. The smallest absolute Gasteiger partial charge is 0.264 e. The van der Waals surface area contributed by atoms with Crippen LogP contribution in [0.1, 0.15) is 31.4 Å². The van der Waals surface area contributed by atoms with Crippen LogP contribution < -0.4 is 10.9 Å². The van der Waals surface area contributed by atoms with E-state index in [1.54, 1.807) is 23.1 Å². The van der Waals surface area contributed by atoms with Gasteiger partial charge in [-0.25, -0.2) is 5.10 Å². The van der Waals surface area contributed by atoms with Crippen LogP contribution in [0.2, 0.25) is 0 Å². The van der Waals surface area contributed by atoms with Gasteiger partial charge in [-0.05, 0) is 35.2 Å². The van der Waals surface area contributed by atoms with Gasteiger partial charge >= 0.3 is 0 Å². The van der Waals surface area contributed by atoms with E-state index in [0.29, 0.717) is 30.8 Å². The fraction of sp³-hybridized carbons (Fsp3) is 0.280. The molecule has 2 amide bonds. The van der Waals surface area contributed by atoms with E-state index in [1.807, 2.05) is 50.2 Å². The molecule has 0 radical (unpaired) electrons. The highest BCUT2D eigenvalue weighted by Gasteiger charge is 2.34. The van der Waals surface area contributed by atoms with Crippen LogP contribution in [0, 0.1) is 5.92 Å². The number of carbonyl (C=O) groups excluding carboxylic acids is 2. The van der Waals surface area contributed by atoms with Crippen molar-refractivity contribution in [1.29, 1.82) is 0 Å². The molecule has 1 aromatic heterocycles. The Labute approximate surface area is 186 Å². The number of aromatic amines is 1.